The minimum absolute atomic E-state index is 0.101. The molecule has 1 amide bonds. The summed E-state index contributed by atoms with van der Waals surface area (Å²) in [5.41, 5.74) is 0.456. The van der Waals surface area contributed by atoms with Crippen LogP contribution in [0.4, 0.5) is 11.4 Å². The first-order valence-corrected chi connectivity index (χ1v) is 7.32. The van der Waals surface area contributed by atoms with E-state index in [-0.39, 0.29) is 24.6 Å². The number of carbonyl (C=O) groups excluding carboxylic acids is 1. The first-order chi connectivity index (χ1) is 9.95. The summed E-state index contributed by atoms with van der Waals surface area (Å²) in [6.07, 6.45) is 4.09. The van der Waals surface area contributed by atoms with Crippen LogP contribution in [0.2, 0.25) is 0 Å². The molecule has 10 heteroatoms. The summed E-state index contributed by atoms with van der Waals surface area (Å²) < 4.78 is 2.72. The maximum atomic E-state index is 11.8. The summed E-state index contributed by atoms with van der Waals surface area (Å²) in [7, 11) is 0. The first kappa shape index (κ1) is 15.6. The second kappa shape index (κ2) is 6.76. The number of hydrogen-bond donors (Lipinski definition) is 1. The van der Waals surface area contributed by atoms with Crippen LogP contribution >= 0.6 is 31.9 Å². The zero-order valence-electron chi connectivity index (χ0n) is 10.5. The molecule has 0 saturated heterocycles. The highest BCUT2D eigenvalue weighted by Gasteiger charge is 2.10. The third-order valence-corrected chi connectivity index (χ3v) is 4.25. The van der Waals surface area contributed by atoms with Crippen molar-refractivity contribution >= 4 is 49.1 Å². The molecule has 8 nitrogen and oxygen atoms in total. The van der Waals surface area contributed by atoms with Crippen molar-refractivity contribution in [3.8, 4) is 0 Å². The van der Waals surface area contributed by atoms with Gasteiger partial charge in [-0.05, 0) is 37.9 Å². The fourth-order valence-electron chi connectivity index (χ4n) is 1.50. The van der Waals surface area contributed by atoms with Crippen molar-refractivity contribution in [1.29, 1.82) is 0 Å². The van der Waals surface area contributed by atoms with Crippen LogP contribution < -0.4 is 5.32 Å². The lowest BCUT2D eigenvalue weighted by atomic mass is 10.3. The van der Waals surface area contributed by atoms with Gasteiger partial charge in [0.15, 0.2) is 0 Å². The van der Waals surface area contributed by atoms with E-state index >= 15 is 0 Å². The van der Waals surface area contributed by atoms with E-state index < -0.39 is 4.92 Å². The summed E-state index contributed by atoms with van der Waals surface area (Å²) >= 11 is 6.52. The van der Waals surface area contributed by atoms with Gasteiger partial charge in [0.05, 0.1) is 21.3 Å². The summed E-state index contributed by atoms with van der Waals surface area (Å²) in [4.78, 5) is 25.8. The minimum Gasteiger partial charge on any atom is -0.325 e. The van der Waals surface area contributed by atoms with Crippen LogP contribution in [-0.2, 0) is 11.3 Å². The average Bonchev–Trinajstić information content (AvgIpc) is 2.90. The monoisotopic (exact) mass is 417 g/mol. The zero-order chi connectivity index (χ0) is 15.4. The topological polar surface area (TPSA) is 103 Å². The van der Waals surface area contributed by atoms with Gasteiger partial charge in [-0.25, -0.2) is 4.98 Å². The van der Waals surface area contributed by atoms with Crippen molar-refractivity contribution in [2.75, 3.05) is 5.32 Å². The Morgan fingerprint density at radius 3 is 2.81 bits per heavy atom. The molecule has 0 unspecified atom stereocenters. The quantitative estimate of drug-likeness (QED) is 0.456. The molecule has 2 heterocycles. The van der Waals surface area contributed by atoms with Crippen molar-refractivity contribution in [3.05, 3.63) is 43.8 Å². The number of nitrogens with one attached hydrogen (secondary N) is 1. The molecule has 21 heavy (non-hydrogen) atoms. The lowest BCUT2D eigenvalue weighted by molar-refractivity contribution is -0.385. The highest BCUT2D eigenvalue weighted by molar-refractivity contribution is 9.13. The minimum atomic E-state index is -0.533. The number of nitro groups is 1. The lowest BCUT2D eigenvalue weighted by Crippen LogP contribution is -2.14. The van der Waals surface area contributed by atoms with Gasteiger partial charge in [-0.2, -0.15) is 5.10 Å². The van der Waals surface area contributed by atoms with Crippen LogP contribution in [0.25, 0.3) is 0 Å². The summed E-state index contributed by atoms with van der Waals surface area (Å²) in [5.74, 6) is -0.232. The lowest BCUT2D eigenvalue weighted by Gasteiger charge is -2.06. The Bertz CT molecular complexity index is 688. The molecule has 0 saturated carbocycles. The van der Waals surface area contributed by atoms with E-state index in [4.69, 9.17) is 0 Å². The van der Waals surface area contributed by atoms with Crippen molar-refractivity contribution in [2.45, 2.75) is 13.0 Å². The third kappa shape index (κ3) is 4.33. The number of aromatic nitrogens is 3. The predicted octanol–water partition coefficient (Wildman–Crippen LogP) is 2.74. The van der Waals surface area contributed by atoms with Gasteiger partial charge >= 0.3 is 5.69 Å². The Labute approximate surface area is 136 Å². The SMILES string of the molecule is O=C(CCn1cc([N+](=O)[O-])cn1)Nc1cnc(Br)c(Br)c1. The van der Waals surface area contributed by atoms with E-state index in [1.807, 2.05) is 0 Å². The number of aryl methyl sites for hydroxylation is 1. The molecule has 0 spiro atoms. The van der Waals surface area contributed by atoms with Gasteiger partial charge in [0, 0.05) is 13.0 Å². The van der Waals surface area contributed by atoms with Crippen LogP contribution in [0.3, 0.4) is 0 Å². The summed E-state index contributed by atoms with van der Waals surface area (Å²) in [6.45, 7) is 0.255. The van der Waals surface area contributed by atoms with E-state index in [2.05, 4.69) is 47.3 Å². The molecule has 0 fully saturated rings. The Morgan fingerprint density at radius 1 is 1.43 bits per heavy atom. The second-order valence-electron chi connectivity index (χ2n) is 4.01. The number of halogens is 2. The average molecular weight is 419 g/mol. The fraction of sp³-hybridized carbons (Fsp3) is 0.182. The highest BCUT2D eigenvalue weighted by Crippen LogP contribution is 2.23. The second-order valence-corrected chi connectivity index (χ2v) is 5.62. The maximum absolute atomic E-state index is 11.8. The normalized spacial score (nSPS) is 10.4. The van der Waals surface area contributed by atoms with Crippen LogP contribution in [0.1, 0.15) is 6.42 Å². The van der Waals surface area contributed by atoms with E-state index in [9.17, 15) is 14.9 Å². The molecule has 0 aliphatic carbocycles. The van der Waals surface area contributed by atoms with E-state index in [1.54, 1.807) is 6.07 Å². The number of rotatable bonds is 5. The van der Waals surface area contributed by atoms with Crippen molar-refractivity contribution in [3.63, 3.8) is 0 Å². The first-order valence-electron chi connectivity index (χ1n) is 5.73. The van der Waals surface area contributed by atoms with Gasteiger partial charge in [0.25, 0.3) is 0 Å². The zero-order valence-corrected chi connectivity index (χ0v) is 13.7. The summed E-state index contributed by atoms with van der Waals surface area (Å²) in [5, 5.41) is 17.0. The van der Waals surface area contributed by atoms with Gasteiger partial charge in [0.2, 0.25) is 5.91 Å². The fourth-order valence-corrected chi connectivity index (χ4v) is 2.06. The van der Waals surface area contributed by atoms with Gasteiger partial charge in [-0.3, -0.25) is 19.6 Å². The van der Waals surface area contributed by atoms with Gasteiger partial charge < -0.3 is 5.32 Å². The van der Waals surface area contributed by atoms with Gasteiger partial charge in [-0.15, -0.1) is 0 Å². The molecule has 2 aromatic rings. The Morgan fingerprint density at radius 2 is 2.19 bits per heavy atom. The molecule has 0 atom stereocenters. The molecule has 1 N–H and O–H groups in total. The Kier molecular flexibility index (Phi) is 5.02. The number of pyridine rings is 1. The molecule has 2 rings (SSSR count). The van der Waals surface area contributed by atoms with Crippen LogP contribution in [0, 0.1) is 10.1 Å². The summed E-state index contributed by atoms with van der Waals surface area (Å²) in [6, 6.07) is 1.72. The molecule has 2 aromatic heterocycles. The number of amides is 1. The highest BCUT2D eigenvalue weighted by atomic mass is 79.9. The Balaban J connectivity index is 1.89. The molecule has 0 aliphatic heterocycles. The van der Waals surface area contributed by atoms with Crippen LogP contribution in [0.5, 0.6) is 0 Å². The van der Waals surface area contributed by atoms with Crippen LogP contribution in [0.15, 0.2) is 33.7 Å². The third-order valence-electron chi connectivity index (χ3n) is 2.48. The Hall–Kier alpha value is -1.81. The maximum Gasteiger partial charge on any atom is 0.306 e. The van der Waals surface area contributed by atoms with Crippen LogP contribution in [-0.4, -0.2) is 25.6 Å². The molecule has 0 bridgehead atoms. The largest absolute Gasteiger partial charge is 0.325 e. The number of anilines is 1. The van der Waals surface area contributed by atoms with Crippen molar-refractivity contribution in [2.24, 2.45) is 0 Å². The number of nitrogens with zero attached hydrogens (tertiary/aromatic N) is 4. The van der Waals surface area contributed by atoms with E-state index in [0.29, 0.717) is 10.3 Å². The molecular formula is C11H9Br2N5O3. The van der Waals surface area contributed by atoms with Crippen molar-refractivity contribution in [1.82, 2.24) is 14.8 Å². The number of carbonyl (C=O) groups is 1. The molecule has 0 aliphatic rings. The van der Waals surface area contributed by atoms with E-state index in [1.165, 1.54) is 17.1 Å². The molecule has 110 valence electrons. The predicted molar refractivity (Wildman–Crippen MR) is 81.8 cm³/mol. The van der Waals surface area contributed by atoms with E-state index in [0.717, 1.165) is 10.7 Å². The van der Waals surface area contributed by atoms with Gasteiger partial charge in [0.1, 0.15) is 17.0 Å². The number of hydrogen-bond acceptors (Lipinski definition) is 5. The van der Waals surface area contributed by atoms with Gasteiger partial charge in [-0.1, -0.05) is 0 Å². The van der Waals surface area contributed by atoms with Crippen molar-refractivity contribution < 1.29 is 9.72 Å². The molecule has 0 aromatic carbocycles. The standard InChI is InChI=1S/C11H9Br2N5O3/c12-9-3-7(4-14-11(9)13)16-10(19)1-2-17-6-8(5-15-17)18(20)21/h3-6H,1-2H2,(H,16,19). The molecular weight excluding hydrogens is 410 g/mol. The molecule has 0 radical (unpaired) electrons. The smallest absolute Gasteiger partial charge is 0.306 e.